The third kappa shape index (κ3) is 4.51. The Hall–Kier alpha value is -1.06. The fourth-order valence-corrected chi connectivity index (χ4v) is 2.24. The second kappa shape index (κ2) is 5.51. The lowest BCUT2D eigenvalue weighted by atomic mass is 9.83. The summed E-state index contributed by atoms with van der Waals surface area (Å²) in [6, 6.07) is -0.330. The first-order chi connectivity index (χ1) is 8.52. The smallest absolute Gasteiger partial charge is 0.410 e. The van der Waals surface area contributed by atoms with Gasteiger partial charge < -0.3 is 4.74 Å². The zero-order chi connectivity index (χ0) is 14.8. The molecular formula is C15H27NO3. The Morgan fingerprint density at radius 3 is 2.11 bits per heavy atom. The first-order valence-corrected chi connectivity index (χ1v) is 7.06. The molecule has 0 saturated carbocycles. The van der Waals surface area contributed by atoms with Gasteiger partial charge >= 0.3 is 6.09 Å². The van der Waals surface area contributed by atoms with Gasteiger partial charge in [-0.1, -0.05) is 20.8 Å². The summed E-state index contributed by atoms with van der Waals surface area (Å²) < 4.78 is 5.41. The predicted octanol–water partition coefficient (Wildman–Crippen LogP) is 3.39. The average Bonchev–Trinajstić information content (AvgIpc) is 2.24. The fraction of sp³-hybridized carbons (Fsp3) is 0.867. The zero-order valence-electron chi connectivity index (χ0n) is 13.1. The Labute approximate surface area is 116 Å². The van der Waals surface area contributed by atoms with Crippen LogP contribution >= 0.6 is 0 Å². The van der Waals surface area contributed by atoms with Gasteiger partial charge in [-0.15, -0.1) is 0 Å². The molecule has 4 nitrogen and oxygen atoms in total. The summed E-state index contributed by atoms with van der Waals surface area (Å²) in [5, 5.41) is 0. The Balaban J connectivity index is 2.84. The van der Waals surface area contributed by atoms with Crippen LogP contribution in [0.1, 0.15) is 60.8 Å². The van der Waals surface area contributed by atoms with E-state index in [1.54, 1.807) is 4.90 Å². The van der Waals surface area contributed by atoms with Crippen LogP contribution in [0.2, 0.25) is 0 Å². The van der Waals surface area contributed by atoms with Crippen molar-refractivity contribution in [2.45, 2.75) is 72.4 Å². The molecule has 1 aliphatic rings. The zero-order valence-corrected chi connectivity index (χ0v) is 13.1. The molecule has 4 heteroatoms. The van der Waals surface area contributed by atoms with Gasteiger partial charge in [0.25, 0.3) is 0 Å². The first-order valence-electron chi connectivity index (χ1n) is 7.06. The van der Waals surface area contributed by atoms with E-state index in [9.17, 15) is 9.59 Å². The third-order valence-corrected chi connectivity index (χ3v) is 3.17. The van der Waals surface area contributed by atoms with Gasteiger partial charge in [-0.2, -0.15) is 0 Å². The van der Waals surface area contributed by atoms with E-state index in [4.69, 9.17) is 4.74 Å². The molecule has 19 heavy (non-hydrogen) atoms. The molecule has 1 aliphatic heterocycles. The van der Waals surface area contributed by atoms with Gasteiger partial charge in [-0.25, -0.2) is 4.79 Å². The van der Waals surface area contributed by atoms with Gasteiger partial charge in [0.15, 0.2) is 5.78 Å². The minimum atomic E-state index is -0.524. The molecule has 1 amide bonds. The molecule has 1 rings (SSSR count). The molecule has 0 spiro atoms. The quantitative estimate of drug-likeness (QED) is 0.733. The van der Waals surface area contributed by atoms with Crippen molar-refractivity contribution in [2.24, 2.45) is 5.41 Å². The highest BCUT2D eigenvalue weighted by molar-refractivity contribution is 5.91. The molecule has 0 N–H and O–H groups in total. The lowest BCUT2D eigenvalue weighted by Crippen LogP contribution is -2.52. The summed E-state index contributed by atoms with van der Waals surface area (Å²) in [6.45, 7) is 11.8. The van der Waals surface area contributed by atoms with Crippen molar-refractivity contribution in [2.75, 3.05) is 6.54 Å². The van der Waals surface area contributed by atoms with Crippen molar-refractivity contribution >= 4 is 11.9 Å². The number of nitrogens with zero attached hydrogens (tertiary/aromatic N) is 1. The highest BCUT2D eigenvalue weighted by Gasteiger charge is 2.38. The number of Topliss-reactive ketones (excluding diaryl/α,β-unsaturated/α-hetero) is 1. The Morgan fingerprint density at radius 1 is 1.05 bits per heavy atom. The van der Waals surface area contributed by atoms with Gasteiger partial charge in [0.1, 0.15) is 5.60 Å². The standard InChI is InChI=1S/C15H27NO3/c1-14(2,3)12(17)11-9-7-8-10-16(11)13(18)19-15(4,5)6/h11H,7-10H2,1-6H3/t11-/m0/s1. The number of piperidine rings is 1. The van der Waals surface area contributed by atoms with E-state index in [0.29, 0.717) is 6.54 Å². The van der Waals surface area contributed by atoms with Gasteiger partial charge in [0.05, 0.1) is 6.04 Å². The van der Waals surface area contributed by atoms with Crippen molar-refractivity contribution in [3.8, 4) is 0 Å². The van der Waals surface area contributed by atoms with Crippen LogP contribution in [0.15, 0.2) is 0 Å². The number of hydrogen-bond acceptors (Lipinski definition) is 3. The Bertz CT molecular complexity index is 349. The number of carbonyl (C=O) groups excluding carboxylic acids is 2. The van der Waals surface area contributed by atoms with Crippen LogP contribution in [0.5, 0.6) is 0 Å². The number of carbonyl (C=O) groups is 2. The van der Waals surface area contributed by atoms with E-state index in [0.717, 1.165) is 19.3 Å². The van der Waals surface area contributed by atoms with Gasteiger partial charge in [0.2, 0.25) is 0 Å². The molecule has 1 fully saturated rings. The molecular weight excluding hydrogens is 242 g/mol. The molecule has 1 saturated heterocycles. The van der Waals surface area contributed by atoms with Crippen LogP contribution in [0.3, 0.4) is 0 Å². The van der Waals surface area contributed by atoms with Crippen LogP contribution < -0.4 is 0 Å². The molecule has 1 atom stereocenters. The maximum absolute atomic E-state index is 12.5. The molecule has 0 aliphatic carbocycles. The number of likely N-dealkylation sites (tertiary alicyclic amines) is 1. The average molecular weight is 269 g/mol. The van der Waals surface area contributed by atoms with Crippen LogP contribution in [-0.2, 0) is 9.53 Å². The van der Waals surface area contributed by atoms with Gasteiger partial charge in [0, 0.05) is 12.0 Å². The molecule has 0 aromatic carbocycles. The number of ether oxygens (including phenoxy) is 1. The minimum Gasteiger partial charge on any atom is -0.444 e. The van der Waals surface area contributed by atoms with Crippen LogP contribution in [0.4, 0.5) is 4.79 Å². The molecule has 0 radical (unpaired) electrons. The molecule has 1 heterocycles. The monoisotopic (exact) mass is 269 g/mol. The van der Waals surface area contributed by atoms with Crippen LogP contribution in [0, 0.1) is 5.41 Å². The lowest BCUT2D eigenvalue weighted by molar-refractivity contribution is -0.133. The summed E-state index contributed by atoms with van der Waals surface area (Å²) in [5.74, 6) is 0.123. The second-order valence-corrected chi connectivity index (χ2v) is 7.30. The molecule has 0 aromatic heterocycles. The maximum Gasteiger partial charge on any atom is 0.410 e. The van der Waals surface area contributed by atoms with Crippen molar-refractivity contribution in [3.63, 3.8) is 0 Å². The maximum atomic E-state index is 12.5. The van der Waals surface area contributed by atoms with Crippen molar-refractivity contribution in [1.82, 2.24) is 4.90 Å². The number of ketones is 1. The van der Waals surface area contributed by atoms with E-state index in [2.05, 4.69) is 0 Å². The van der Waals surface area contributed by atoms with E-state index < -0.39 is 11.0 Å². The minimum absolute atomic E-state index is 0.123. The van der Waals surface area contributed by atoms with Crippen molar-refractivity contribution < 1.29 is 14.3 Å². The Morgan fingerprint density at radius 2 is 1.63 bits per heavy atom. The molecule has 0 unspecified atom stereocenters. The lowest BCUT2D eigenvalue weighted by Gasteiger charge is -2.38. The number of hydrogen-bond donors (Lipinski definition) is 0. The van der Waals surface area contributed by atoms with Gasteiger partial charge in [-0.05, 0) is 40.0 Å². The fourth-order valence-electron chi connectivity index (χ4n) is 2.24. The Kier molecular flexibility index (Phi) is 4.64. The summed E-state index contributed by atoms with van der Waals surface area (Å²) >= 11 is 0. The predicted molar refractivity (Wildman–Crippen MR) is 75.0 cm³/mol. The molecule has 110 valence electrons. The van der Waals surface area contributed by atoms with E-state index in [1.165, 1.54) is 0 Å². The summed E-state index contributed by atoms with van der Waals surface area (Å²) in [7, 11) is 0. The van der Waals surface area contributed by atoms with Crippen molar-refractivity contribution in [3.05, 3.63) is 0 Å². The highest BCUT2D eigenvalue weighted by atomic mass is 16.6. The van der Waals surface area contributed by atoms with E-state index in [1.807, 2.05) is 41.5 Å². The molecule has 0 bridgehead atoms. The van der Waals surface area contributed by atoms with Crippen LogP contribution in [-0.4, -0.2) is 35.0 Å². The third-order valence-electron chi connectivity index (χ3n) is 3.17. The molecule has 0 aromatic rings. The van der Waals surface area contributed by atoms with E-state index in [-0.39, 0.29) is 17.9 Å². The van der Waals surface area contributed by atoms with Crippen LogP contribution in [0.25, 0.3) is 0 Å². The summed E-state index contributed by atoms with van der Waals surface area (Å²) in [6.07, 6.45) is 2.31. The largest absolute Gasteiger partial charge is 0.444 e. The summed E-state index contributed by atoms with van der Waals surface area (Å²) in [5.41, 5.74) is -0.952. The topological polar surface area (TPSA) is 46.6 Å². The SMILES string of the molecule is CC(C)(C)OC(=O)N1CCCC[C@H]1C(=O)C(C)(C)C. The number of amides is 1. The summed E-state index contributed by atoms with van der Waals surface area (Å²) in [4.78, 5) is 26.3. The normalized spacial score (nSPS) is 21.2. The van der Waals surface area contributed by atoms with Gasteiger partial charge in [-0.3, -0.25) is 9.69 Å². The van der Waals surface area contributed by atoms with Crippen molar-refractivity contribution in [1.29, 1.82) is 0 Å². The first kappa shape index (κ1) is 16.0. The van der Waals surface area contributed by atoms with E-state index >= 15 is 0 Å². The second-order valence-electron chi connectivity index (χ2n) is 7.30. The number of rotatable bonds is 1. The highest BCUT2D eigenvalue weighted by Crippen LogP contribution is 2.27.